The van der Waals surface area contributed by atoms with Crippen molar-refractivity contribution in [3.63, 3.8) is 0 Å². The normalized spacial score (nSPS) is 10.6. The number of anilines is 2. The van der Waals surface area contributed by atoms with Gasteiger partial charge in [-0.15, -0.1) is 0 Å². The van der Waals surface area contributed by atoms with Crippen molar-refractivity contribution >= 4 is 17.3 Å². The number of carbonyl (C=O) groups is 1. The van der Waals surface area contributed by atoms with Gasteiger partial charge < -0.3 is 11.1 Å². The molecule has 2 aromatic rings. The molecule has 0 atom stereocenters. The van der Waals surface area contributed by atoms with Gasteiger partial charge in [0, 0.05) is 0 Å². The monoisotopic (exact) mass is 276 g/mol. The van der Waals surface area contributed by atoms with Crippen molar-refractivity contribution in [2.24, 2.45) is 0 Å². The van der Waals surface area contributed by atoms with Crippen molar-refractivity contribution in [1.29, 1.82) is 0 Å². The molecule has 0 saturated heterocycles. The van der Waals surface area contributed by atoms with Gasteiger partial charge in [-0.3, -0.25) is 9.48 Å². The lowest BCUT2D eigenvalue weighted by Crippen LogP contribution is -2.21. The van der Waals surface area contributed by atoms with E-state index in [-0.39, 0.29) is 18.1 Å². The number of amides is 1. The van der Waals surface area contributed by atoms with Crippen molar-refractivity contribution in [2.45, 2.75) is 27.3 Å². The third-order valence-electron chi connectivity index (χ3n) is 3.22. The van der Waals surface area contributed by atoms with Gasteiger partial charge in [-0.05, 0) is 32.4 Å². The number of halogens is 1. The summed E-state index contributed by atoms with van der Waals surface area (Å²) in [5.74, 6) is -0.796. The summed E-state index contributed by atoms with van der Waals surface area (Å²) in [5.41, 5.74) is 8.65. The van der Waals surface area contributed by atoms with E-state index in [1.165, 1.54) is 10.7 Å². The van der Waals surface area contributed by atoms with Gasteiger partial charge in [0.25, 0.3) is 0 Å². The van der Waals surface area contributed by atoms with E-state index >= 15 is 0 Å². The molecule has 0 aliphatic heterocycles. The largest absolute Gasteiger partial charge is 0.396 e. The molecule has 1 heterocycles. The Bertz CT molecular complexity index is 643. The van der Waals surface area contributed by atoms with E-state index in [0.717, 1.165) is 5.69 Å². The highest BCUT2D eigenvalue weighted by atomic mass is 19.1. The van der Waals surface area contributed by atoms with Crippen LogP contribution in [0.2, 0.25) is 0 Å². The maximum absolute atomic E-state index is 13.6. The lowest BCUT2D eigenvalue weighted by Gasteiger charge is -2.10. The molecule has 0 unspecified atom stereocenters. The van der Waals surface area contributed by atoms with Crippen LogP contribution in [0.15, 0.2) is 18.2 Å². The molecule has 0 radical (unpaired) electrons. The van der Waals surface area contributed by atoms with E-state index in [2.05, 4.69) is 10.4 Å². The number of nitrogens with one attached hydrogen (secondary N) is 1. The Morgan fingerprint density at radius 1 is 1.40 bits per heavy atom. The summed E-state index contributed by atoms with van der Waals surface area (Å²) >= 11 is 0. The summed E-state index contributed by atoms with van der Waals surface area (Å²) in [4.78, 5) is 12.0. The average Bonchev–Trinajstić information content (AvgIpc) is 2.62. The summed E-state index contributed by atoms with van der Waals surface area (Å²) in [6.45, 7) is 5.30. The minimum absolute atomic E-state index is 0.00233. The fourth-order valence-corrected chi connectivity index (χ4v) is 1.97. The lowest BCUT2D eigenvalue weighted by molar-refractivity contribution is -0.117. The molecule has 0 aliphatic carbocycles. The lowest BCUT2D eigenvalue weighted by atomic mass is 10.2. The maximum atomic E-state index is 13.6. The van der Waals surface area contributed by atoms with Crippen LogP contribution in [0, 0.1) is 26.6 Å². The fourth-order valence-electron chi connectivity index (χ4n) is 1.97. The number of aromatic nitrogens is 2. The first kappa shape index (κ1) is 14.0. The predicted octanol–water partition coefficient (Wildman–Crippen LogP) is 2.17. The van der Waals surface area contributed by atoms with Gasteiger partial charge in [0.15, 0.2) is 0 Å². The van der Waals surface area contributed by atoms with Gasteiger partial charge in [-0.2, -0.15) is 5.10 Å². The number of benzene rings is 1. The number of rotatable bonds is 3. The van der Waals surface area contributed by atoms with Crippen LogP contribution in [0.5, 0.6) is 0 Å². The molecule has 1 aromatic carbocycles. The molecule has 2 rings (SSSR count). The molecule has 0 spiro atoms. The van der Waals surface area contributed by atoms with Crippen LogP contribution in [0.1, 0.15) is 17.0 Å². The minimum atomic E-state index is -0.453. The standard InChI is InChI=1S/C14H17FN4O/c1-8-5-4-6-11(15)14(8)17-12(20)7-19-10(3)13(16)9(2)18-19/h4-6H,7,16H2,1-3H3,(H,17,20). The molecular weight excluding hydrogens is 259 g/mol. The van der Waals surface area contributed by atoms with Gasteiger partial charge in [-0.1, -0.05) is 12.1 Å². The SMILES string of the molecule is Cc1cccc(F)c1NC(=O)Cn1nc(C)c(N)c1C. The number of nitrogen functional groups attached to an aromatic ring is 1. The van der Waals surface area contributed by atoms with Crippen LogP contribution < -0.4 is 11.1 Å². The zero-order chi connectivity index (χ0) is 14.9. The third kappa shape index (κ3) is 2.64. The number of nitrogens with two attached hydrogens (primary N) is 1. The number of hydrogen-bond acceptors (Lipinski definition) is 3. The quantitative estimate of drug-likeness (QED) is 0.902. The number of para-hydroxylation sites is 1. The molecule has 0 saturated carbocycles. The van der Waals surface area contributed by atoms with Crippen LogP contribution in [0.4, 0.5) is 15.8 Å². The van der Waals surface area contributed by atoms with Gasteiger partial charge in [0.1, 0.15) is 12.4 Å². The molecule has 106 valence electrons. The molecule has 6 heteroatoms. The number of hydrogen-bond donors (Lipinski definition) is 2. The molecule has 1 amide bonds. The zero-order valence-corrected chi connectivity index (χ0v) is 11.7. The van der Waals surface area contributed by atoms with Crippen LogP contribution in [0.3, 0.4) is 0 Å². The average molecular weight is 276 g/mol. The Kier molecular flexibility index (Phi) is 3.74. The zero-order valence-electron chi connectivity index (χ0n) is 11.7. The Balaban J connectivity index is 2.15. The van der Waals surface area contributed by atoms with E-state index in [1.54, 1.807) is 32.9 Å². The second-order valence-corrected chi connectivity index (χ2v) is 4.72. The molecule has 0 bridgehead atoms. The highest BCUT2D eigenvalue weighted by Crippen LogP contribution is 2.19. The molecule has 0 aliphatic rings. The maximum Gasteiger partial charge on any atom is 0.246 e. The second-order valence-electron chi connectivity index (χ2n) is 4.72. The van der Waals surface area contributed by atoms with E-state index in [0.29, 0.717) is 16.9 Å². The second kappa shape index (κ2) is 5.32. The van der Waals surface area contributed by atoms with Crippen molar-refractivity contribution in [3.05, 3.63) is 41.0 Å². The first-order valence-corrected chi connectivity index (χ1v) is 6.24. The first-order chi connectivity index (χ1) is 9.40. The van der Waals surface area contributed by atoms with E-state index < -0.39 is 5.82 Å². The van der Waals surface area contributed by atoms with Crippen LogP contribution >= 0.6 is 0 Å². The van der Waals surface area contributed by atoms with Gasteiger partial charge in [-0.25, -0.2) is 4.39 Å². The van der Waals surface area contributed by atoms with Gasteiger partial charge in [0.2, 0.25) is 5.91 Å². The molecule has 20 heavy (non-hydrogen) atoms. The Labute approximate surface area is 116 Å². The Morgan fingerprint density at radius 3 is 2.65 bits per heavy atom. The number of carbonyl (C=O) groups excluding carboxylic acids is 1. The summed E-state index contributed by atoms with van der Waals surface area (Å²) in [6, 6.07) is 4.64. The molecule has 5 nitrogen and oxygen atoms in total. The van der Waals surface area contributed by atoms with E-state index in [4.69, 9.17) is 5.73 Å². The molecule has 0 fully saturated rings. The van der Waals surface area contributed by atoms with Crippen molar-refractivity contribution in [3.8, 4) is 0 Å². The Morgan fingerprint density at radius 2 is 2.10 bits per heavy atom. The van der Waals surface area contributed by atoms with Crippen LogP contribution in [0.25, 0.3) is 0 Å². The highest BCUT2D eigenvalue weighted by Gasteiger charge is 2.13. The predicted molar refractivity (Wildman–Crippen MR) is 75.9 cm³/mol. The highest BCUT2D eigenvalue weighted by molar-refractivity contribution is 5.91. The minimum Gasteiger partial charge on any atom is -0.396 e. The van der Waals surface area contributed by atoms with Crippen molar-refractivity contribution < 1.29 is 9.18 Å². The summed E-state index contributed by atoms with van der Waals surface area (Å²) in [7, 11) is 0. The summed E-state index contributed by atoms with van der Waals surface area (Å²) in [5, 5.41) is 6.74. The molecule has 1 aromatic heterocycles. The fraction of sp³-hybridized carbons (Fsp3) is 0.286. The number of nitrogens with zero attached hydrogens (tertiary/aromatic N) is 2. The van der Waals surface area contributed by atoms with Crippen molar-refractivity contribution in [2.75, 3.05) is 11.1 Å². The van der Waals surface area contributed by atoms with Gasteiger partial charge in [0.05, 0.1) is 22.8 Å². The van der Waals surface area contributed by atoms with Crippen molar-refractivity contribution in [1.82, 2.24) is 9.78 Å². The first-order valence-electron chi connectivity index (χ1n) is 6.24. The molecular formula is C14H17FN4O. The Hall–Kier alpha value is -2.37. The smallest absolute Gasteiger partial charge is 0.246 e. The molecule has 3 N–H and O–H groups in total. The summed E-state index contributed by atoms with van der Waals surface area (Å²) in [6.07, 6.45) is 0. The van der Waals surface area contributed by atoms with Crippen LogP contribution in [-0.2, 0) is 11.3 Å². The van der Waals surface area contributed by atoms with Gasteiger partial charge >= 0.3 is 0 Å². The van der Waals surface area contributed by atoms with E-state index in [1.807, 2.05) is 0 Å². The number of aryl methyl sites for hydroxylation is 2. The van der Waals surface area contributed by atoms with Crippen LogP contribution in [-0.4, -0.2) is 15.7 Å². The summed E-state index contributed by atoms with van der Waals surface area (Å²) < 4.78 is 15.2. The topological polar surface area (TPSA) is 72.9 Å². The third-order valence-corrected chi connectivity index (χ3v) is 3.22. The van der Waals surface area contributed by atoms with E-state index in [9.17, 15) is 9.18 Å².